The van der Waals surface area contributed by atoms with Crippen LogP contribution in [0.2, 0.25) is 0 Å². The van der Waals surface area contributed by atoms with Crippen molar-refractivity contribution in [3.63, 3.8) is 0 Å². The maximum absolute atomic E-state index is 11.0. The molecule has 1 saturated heterocycles. The van der Waals surface area contributed by atoms with Crippen LogP contribution in [0.5, 0.6) is 0 Å². The molecule has 13 heavy (non-hydrogen) atoms. The number of piperidine rings is 1. The Morgan fingerprint density at radius 1 is 1.62 bits per heavy atom. The number of hydrogen-bond donors (Lipinski definition) is 2. The molecule has 1 heterocycles. The van der Waals surface area contributed by atoms with Crippen LogP contribution in [-0.4, -0.2) is 18.5 Å². The summed E-state index contributed by atoms with van der Waals surface area (Å²) in [6.07, 6.45) is 5.54. The molecule has 3 N–H and O–H groups in total. The van der Waals surface area contributed by atoms with E-state index in [4.69, 9.17) is 5.73 Å². The van der Waals surface area contributed by atoms with E-state index in [1.54, 1.807) is 0 Å². The van der Waals surface area contributed by atoms with Crippen LogP contribution in [0.1, 0.15) is 39.0 Å². The molecule has 0 aromatic heterocycles. The Morgan fingerprint density at radius 3 is 2.85 bits per heavy atom. The summed E-state index contributed by atoms with van der Waals surface area (Å²) in [5.41, 5.74) is 5.30. The number of carbonyl (C=O) groups is 1. The van der Waals surface area contributed by atoms with Gasteiger partial charge in [0.05, 0.1) is 0 Å². The van der Waals surface area contributed by atoms with Gasteiger partial charge in [-0.05, 0) is 32.2 Å². The number of nitrogens with one attached hydrogen (secondary N) is 1. The van der Waals surface area contributed by atoms with E-state index in [1.165, 1.54) is 19.3 Å². The van der Waals surface area contributed by atoms with Crippen molar-refractivity contribution >= 4 is 5.91 Å². The third-order valence-corrected chi connectivity index (χ3v) is 2.88. The van der Waals surface area contributed by atoms with Crippen molar-refractivity contribution < 1.29 is 4.79 Å². The second-order valence-corrected chi connectivity index (χ2v) is 3.89. The van der Waals surface area contributed by atoms with Gasteiger partial charge in [-0.1, -0.05) is 13.3 Å². The lowest BCUT2D eigenvalue weighted by molar-refractivity contribution is -0.122. The number of nitrogens with two attached hydrogens (primary N) is 1. The van der Waals surface area contributed by atoms with Gasteiger partial charge >= 0.3 is 0 Å². The van der Waals surface area contributed by atoms with E-state index < -0.39 is 0 Å². The van der Waals surface area contributed by atoms with E-state index in [0.29, 0.717) is 6.04 Å². The van der Waals surface area contributed by atoms with Gasteiger partial charge in [-0.2, -0.15) is 0 Å². The molecule has 0 aromatic rings. The third-order valence-electron chi connectivity index (χ3n) is 2.88. The molecule has 0 spiro atoms. The largest absolute Gasteiger partial charge is 0.369 e. The molecular formula is C10H20N2O. The lowest BCUT2D eigenvalue weighted by atomic mass is 9.92. The van der Waals surface area contributed by atoms with Gasteiger partial charge in [0, 0.05) is 12.0 Å². The molecule has 1 fully saturated rings. The van der Waals surface area contributed by atoms with Gasteiger partial charge < -0.3 is 11.1 Å². The summed E-state index contributed by atoms with van der Waals surface area (Å²) in [6.45, 7) is 3.12. The Morgan fingerprint density at radius 2 is 2.38 bits per heavy atom. The summed E-state index contributed by atoms with van der Waals surface area (Å²) in [5.74, 6) is -0.0783. The zero-order valence-electron chi connectivity index (χ0n) is 8.38. The summed E-state index contributed by atoms with van der Waals surface area (Å²) in [5, 5.41) is 3.43. The maximum atomic E-state index is 11.0. The van der Waals surface area contributed by atoms with Crippen molar-refractivity contribution in [2.24, 2.45) is 11.7 Å². The van der Waals surface area contributed by atoms with Crippen LogP contribution in [0.25, 0.3) is 0 Å². The molecule has 76 valence electrons. The standard InChI is InChI=1S/C10H20N2O/c1-2-8(10(11)13)7-9-5-3-4-6-12-9/h8-9,12H,2-7H2,1H3,(H2,11,13). The Kier molecular flexibility index (Phi) is 4.22. The molecule has 1 amide bonds. The van der Waals surface area contributed by atoms with Crippen molar-refractivity contribution in [3.8, 4) is 0 Å². The molecule has 3 heteroatoms. The lowest BCUT2D eigenvalue weighted by Crippen LogP contribution is -2.38. The molecule has 0 saturated carbocycles. The highest BCUT2D eigenvalue weighted by Crippen LogP contribution is 2.17. The third kappa shape index (κ3) is 3.35. The van der Waals surface area contributed by atoms with Crippen LogP contribution in [-0.2, 0) is 4.79 Å². The van der Waals surface area contributed by atoms with Gasteiger partial charge in [0.15, 0.2) is 0 Å². The van der Waals surface area contributed by atoms with Gasteiger partial charge in [-0.15, -0.1) is 0 Å². The Bertz CT molecular complexity index is 164. The molecule has 0 radical (unpaired) electrons. The number of carbonyl (C=O) groups excluding carboxylic acids is 1. The van der Waals surface area contributed by atoms with Crippen LogP contribution in [0.3, 0.4) is 0 Å². The van der Waals surface area contributed by atoms with Crippen LogP contribution in [0.4, 0.5) is 0 Å². The number of primary amides is 1. The lowest BCUT2D eigenvalue weighted by Gasteiger charge is -2.25. The quantitative estimate of drug-likeness (QED) is 0.685. The molecule has 1 aliphatic rings. The van der Waals surface area contributed by atoms with E-state index in [0.717, 1.165) is 19.4 Å². The molecule has 2 unspecified atom stereocenters. The summed E-state index contributed by atoms with van der Waals surface area (Å²) in [4.78, 5) is 11.0. The second kappa shape index (κ2) is 5.22. The first kappa shape index (κ1) is 10.5. The molecule has 0 bridgehead atoms. The van der Waals surface area contributed by atoms with E-state index >= 15 is 0 Å². The van der Waals surface area contributed by atoms with Gasteiger partial charge in [0.25, 0.3) is 0 Å². The fraction of sp³-hybridized carbons (Fsp3) is 0.900. The fourth-order valence-electron chi connectivity index (χ4n) is 1.95. The Balaban J connectivity index is 2.31. The summed E-state index contributed by atoms with van der Waals surface area (Å²) >= 11 is 0. The monoisotopic (exact) mass is 184 g/mol. The normalized spacial score (nSPS) is 25.5. The van der Waals surface area contributed by atoms with Crippen molar-refractivity contribution in [2.45, 2.75) is 45.1 Å². The molecule has 0 aromatic carbocycles. The molecule has 3 nitrogen and oxygen atoms in total. The van der Waals surface area contributed by atoms with Gasteiger partial charge in [0.2, 0.25) is 5.91 Å². The van der Waals surface area contributed by atoms with Crippen molar-refractivity contribution in [1.29, 1.82) is 0 Å². The predicted molar refractivity (Wildman–Crippen MR) is 53.2 cm³/mol. The average Bonchev–Trinajstić information content (AvgIpc) is 2.15. The van der Waals surface area contributed by atoms with Crippen molar-refractivity contribution in [2.75, 3.05) is 6.54 Å². The van der Waals surface area contributed by atoms with E-state index in [-0.39, 0.29) is 11.8 Å². The summed E-state index contributed by atoms with van der Waals surface area (Å²) < 4.78 is 0. The molecule has 0 aliphatic carbocycles. The zero-order chi connectivity index (χ0) is 9.68. The van der Waals surface area contributed by atoms with Crippen LogP contribution < -0.4 is 11.1 Å². The van der Waals surface area contributed by atoms with Gasteiger partial charge in [0.1, 0.15) is 0 Å². The number of hydrogen-bond acceptors (Lipinski definition) is 2. The minimum Gasteiger partial charge on any atom is -0.369 e. The smallest absolute Gasteiger partial charge is 0.220 e. The number of amides is 1. The van der Waals surface area contributed by atoms with Crippen molar-refractivity contribution in [1.82, 2.24) is 5.32 Å². The highest BCUT2D eigenvalue weighted by atomic mass is 16.1. The Labute approximate surface area is 80.1 Å². The molecular weight excluding hydrogens is 164 g/mol. The predicted octanol–water partition coefficient (Wildman–Crippen LogP) is 1.03. The average molecular weight is 184 g/mol. The molecule has 2 atom stereocenters. The highest BCUT2D eigenvalue weighted by Gasteiger charge is 2.20. The SMILES string of the molecule is CCC(CC1CCCCN1)C(N)=O. The first-order valence-electron chi connectivity index (χ1n) is 5.26. The molecule has 1 aliphatic heterocycles. The minimum atomic E-state index is -0.144. The maximum Gasteiger partial charge on any atom is 0.220 e. The minimum absolute atomic E-state index is 0.0654. The van der Waals surface area contributed by atoms with Crippen LogP contribution in [0.15, 0.2) is 0 Å². The summed E-state index contributed by atoms with van der Waals surface area (Å²) in [7, 11) is 0. The highest BCUT2D eigenvalue weighted by molar-refractivity contribution is 5.76. The van der Waals surface area contributed by atoms with Crippen molar-refractivity contribution in [3.05, 3.63) is 0 Å². The first-order chi connectivity index (χ1) is 6.24. The van der Waals surface area contributed by atoms with Crippen LogP contribution >= 0.6 is 0 Å². The second-order valence-electron chi connectivity index (χ2n) is 3.89. The fourth-order valence-corrected chi connectivity index (χ4v) is 1.95. The van der Waals surface area contributed by atoms with E-state index in [9.17, 15) is 4.79 Å². The van der Waals surface area contributed by atoms with Gasteiger partial charge in [-0.3, -0.25) is 4.79 Å². The Hall–Kier alpha value is -0.570. The first-order valence-corrected chi connectivity index (χ1v) is 5.26. The van der Waals surface area contributed by atoms with Crippen LogP contribution in [0, 0.1) is 5.92 Å². The zero-order valence-corrected chi connectivity index (χ0v) is 8.38. The van der Waals surface area contributed by atoms with Gasteiger partial charge in [-0.25, -0.2) is 0 Å². The summed E-state index contributed by atoms with van der Waals surface area (Å²) in [6, 6.07) is 0.520. The van der Waals surface area contributed by atoms with E-state index in [1.807, 2.05) is 6.92 Å². The topological polar surface area (TPSA) is 55.1 Å². The van der Waals surface area contributed by atoms with E-state index in [2.05, 4.69) is 5.32 Å². The number of rotatable bonds is 4. The molecule has 1 rings (SSSR count).